The summed E-state index contributed by atoms with van der Waals surface area (Å²) in [6.45, 7) is 4.81. The summed E-state index contributed by atoms with van der Waals surface area (Å²) in [7, 11) is 1.67. The Bertz CT molecular complexity index is 227. The molecule has 0 radical (unpaired) electrons. The zero-order valence-corrected chi connectivity index (χ0v) is 9.19. The molecule has 0 saturated carbocycles. The van der Waals surface area contributed by atoms with E-state index in [-0.39, 0.29) is 0 Å². The van der Waals surface area contributed by atoms with Gasteiger partial charge in [-0.05, 0) is 0 Å². The van der Waals surface area contributed by atoms with Gasteiger partial charge in [-0.1, -0.05) is 0 Å². The van der Waals surface area contributed by atoms with Gasteiger partial charge in [-0.25, -0.2) is 4.98 Å². The molecule has 0 aliphatic rings. The van der Waals surface area contributed by atoms with Crippen LogP contribution >= 0.6 is 0 Å². The highest BCUT2D eigenvalue weighted by Gasteiger charge is 1.90. The van der Waals surface area contributed by atoms with Crippen LogP contribution in [0, 0.1) is 0 Å². The number of aromatic nitrogens is 2. The summed E-state index contributed by atoms with van der Waals surface area (Å²) in [6, 6.07) is 0. The topological polar surface area (TPSA) is 48.3 Å². The molecule has 0 saturated heterocycles. The second-order valence-corrected chi connectivity index (χ2v) is 3.16. The van der Waals surface area contributed by atoms with Crippen molar-refractivity contribution < 1.29 is 9.47 Å². The summed E-state index contributed by atoms with van der Waals surface area (Å²) in [5.74, 6) is 0. The summed E-state index contributed by atoms with van der Waals surface area (Å²) in [5.41, 5.74) is 0. The number of ether oxygens (including phenoxy) is 2. The second-order valence-electron chi connectivity index (χ2n) is 3.16. The number of methoxy groups -OCH3 is 1. The normalized spacial score (nSPS) is 10.7. The van der Waals surface area contributed by atoms with Gasteiger partial charge >= 0.3 is 0 Å². The quantitative estimate of drug-likeness (QED) is 0.593. The van der Waals surface area contributed by atoms with Gasteiger partial charge in [0.15, 0.2) is 0 Å². The summed E-state index contributed by atoms with van der Waals surface area (Å²) in [4.78, 5) is 3.97. The van der Waals surface area contributed by atoms with Crippen LogP contribution in [0.25, 0.3) is 0 Å². The molecule has 0 atom stereocenters. The Morgan fingerprint density at radius 2 is 2.20 bits per heavy atom. The fourth-order valence-corrected chi connectivity index (χ4v) is 1.14. The van der Waals surface area contributed by atoms with Crippen LogP contribution in [0.15, 0.2) is 18.7 Å². The van der Waals surface area contributed by atoms with Crippen molar-refractivity contribution in [1.82, 2.24) is 14.9 Å². The molecule has 1 aromatic heterocycles. The monoisotopic (exact) mass is 213 g/mol. The molecule has 0 bridgehead atoms. The van der Waals surface area contributed by atoms with Crippen molar-refractivity contribution in [2.24, 2.45) is 0 Å². The van der Waals surface area contributed by atoms with Crippen LogP contribution in [-0.2, 0) is 16.0 Å². The minimum atomic E-state index is 0.662. The SMILES string of the molecule is COCCOCCNCCn1ccnc1. The lowest BCUT2D eigenvalue weighted by Gasteiger charge is -2.06. The standard InChI is InChI=1S/C10H19N3O2/c1-14-8-9-15-7-4-11-2-5-13-6-3-12-10-13/h3,6,10-11H,2,4-5,7-9H2,1H3. The van der Waals surface area contributed by atoms with Crippen LogP contribution in [-0.4, -0.2) is 49.6 Å². The molecule has 5 heteroatoms. The molecular formula is C10H19N3O2. The average Bonchev–Trinajstić information content (AvgIpc) is 2.75. The zero-order valence-electron chi connectivity index (χ0n) is 9.19. The van der Waals surface area contributed by atoms with Crippen LogP contribution in [0.4, 0.5) is 0 Å². The van der Waals surface area contributed by atoms with Crippen molar-refractivity contribution in [2.75, 3.05) is 40.0 Å². The van der Waals surface area contributed by atoms with Gasteiger partial charge in [0.25, 0.3) is 0 Å². The van der Waals surface area contributed by atoms with Gasteiger partial charge in [-0.2, -0.15) is 0 Å². The fourth-order valence-electron chi connectivity index (χ4n) is 1.14. The summed E-state index contributed by atoms with van der Waals surface area (Å²) < 4.78 is 12.2. The lowest BCUT2D eigenvalue weighted by molar-refractivity contribution is 0.0720. The van der Waals surface area contributed by atoms with E-state index in [1.54, 1.807) is 13.3 Å². The zero-order chi connectivity index (χ0) is 10.8. The van der Waals surface area contributed by atoms with Crippen LogP contribution in [0.2, 0.25) is 0 Å². The second kappa shape index (κ2) is 8.40. The molecule has 0 fully saturated rings. The fraction of sp³-hybridized carbons (Fsp3) is 0.700. The Morgan fingerprint density at radius 3 is 2.93 bits per heavy atom. The first kappa shape index (κ1) is 12.2. The molecule has 0 aliphatic carbocycles. The maximum absolute atomic E-state index is 5.30. The molecule has 1 heterocycles. The van der Waals surface area contributed by atoms with E-state index in [1.807, 2.05) is 17.1 Å². The summed E-state index contributed by atoms with van der Waals surface area (Å²) in [5, 5.41) is 3.29. The van der Waals surface area contributed by atoms with E-state index in [0.717, 1.165) is 26.2 Å². The maximum Gasteiger partial charge on any atom is 0.0946 e. The van der Waals surface area contributed by atoms with Gasteiger partial charge in [0, 0.05) is 39.1 Å². The molecule has 0 unspecified atom stereocenters. The maximum atomic E-state index is 5.30. The van der Waals surface area contributed by atoms with Crippen molar-refractivity contribution in [3.63, 3.8) is 0 Å². The predicted octanol–water partition coefficient (Wildman–Crippen LogP) is 0.136. The number of imidazole rings is 1. The van der Waals surface area contributed by atoms with Crippen molar-refractivity contribution in [2.45, 2.75) is 6.54 Å². The van der Waals surface area contributed by atoms with E-state index in [4.69, 9.17) is 9.47 Å². The van der Waals surface area contributed by atoms with Crippen LogP contribution in [0.3, 0.4) is 0 Å². The lowest BCUT2D eigenvalue weighted by atomic mass is 10.5. The average molecular weight is 213 g/mol. The van der Waals surface area contributed by atoms with E-state index in [1.165, 1.54) is 0 Å². The third kappa shape index (κ3) is 6.22. The first-order valence-electron chi connectivity index (χ1n) is 5.16. The van der Waals surface area contributed by atoms with E-state index >= 15 is 0 Å². The summed E-state index contributed by atoms with van der Waals surface area (Å²) in [6.07, 6.45) is 5.56. The van der Waals surface area contributed by atoms with Gasteiger partial charge in [0.05, 0.1) is 26.1 Å². The highest BCUT2D eigenvalue weighted by molar-refractivity contribution is 4.73. The van der Waals surface area contributed by atoms with Crippen molar-refractivity contribution >= 4 is 0 Å². The molecule has 86 valence electrons. The number of nitrogens with one attached hydrogen (secondary N) is 1. The van der Waals surface area contributed by atoms with E-state index in [0.29, 0.717) is 13.2 Å². The van der Waals surface area contributed by atoms with Crippen molar-refractivity contribution in [1.29, 1.82) is 0 Å². The van der Waals surface area contributed by atoms with Crippen molar-refractivity contribution in [3.8, 4) is 0 Å². The van der Waals surface area contributed by atoms with Crippen LogP contribution in [0.1, 0.15) is 0 Å². The summed E-state index contributed by atoms with van der Waals surface area (Å²) >= 11 is 0. The third-order valence-corrected chi connectivity index (χ3v) is 1.96. The van der Waals surface area contributed by atoms with Gasteiger partial charge in [0.2, 0.25) is 0 Å². The number of rotatable bonds is 9. The predicted molar refractivity (Wildman–Crippen MR) is 57.8 cm³/mol. The highest BCUT2D eigenvalue weighted by Crippen LogP contribution is 1.83. The minimum Gasteiger partial charge on any atom is -0.382 e. The molecule has 1 N–H and O–H groups in total. The van der Waals surface area contributed by atoms with Gasteiger partial charge < -0.3 is 19.4 Å². The Hall–Kier alpha value is -0.910. The van der Waals surface area contributed by atoms with Crippen molar-refractivity contribution in [3.05, 3.63) is 18.7 Å². The molecule has 0 aliphatic heterocycles. The molecule has 15 heavy (non-hydrogen) atoms. The van der Waals surface area contributed by atoms with Crippen LogP contribution in [0.5, 0.6) is 0 Å². The highest BCUT2D eigenvalue weighted by atomic mass is 16.5. The molecule has 1 rings (SSSR count). The van der Waals surface area contributed by atoms with Gasteiger partial charge in [-0.15, -0.1) is 0 Å². The minimum absolute atomic E-state index is 0.662. The number of nitrogens with zero attached hydrogens (tertiary/aromatic N) is 2. The largest absolute Gasteiger partial charge is 0.382 e. The lowest BCUT2D eigenvalue weighted by Crippen LogP contribution is -2.24. The Kier molecular flexibility index (Phi) is 6.81. The Labute approximate surface area is 90.4 Å². The molecule has 0 amide bonds. The first-order valence-corrected chi connectivity index (χ1v) is 5.16. The third-order valence-electron chi connectivity index (χ3n) is 1.96. The van der Waals surface area contributed by atoms with Gasteiger partial charge in [-0.3, -0.25) is 0 Å². The molecular weight excluding hydrogens is 194 g/mol. The van der Waals surface area contributed by atoms with E-state index in [9.17, 15) is 0 Å². The number of hydrogen-bond donors (Lipinski definition) is 1. The van der Waals surface area contributed by atoms with Crippen LogP contribution < -0.4 is 5.32 Å². The van der Waals surface area contributed by atoms with Gasteiger partial charge in [0.1, 0.15) is 0 Å². The Balaban J connectivity index is 1.81. The molecule has 0 spiro atoms. The van der Waals surface area contributed by atoms with E-state index < -0.39 is 0 Å². The smallest absolute Gasteiger partial charge is 0.0946 e. The van der Waals surface area contributed by atoms with E-state index in [2.05, 4.69) is 10.3 Å². The molecule has 0 aromatic carbocycles. The Morgan fingerprint density at radius 1 is 1.27 bits per heavy atom. The number of hydrogen-bond acceptors (Lipinski definition) is 4. The molecule has 1 aromatic rings. The molecule has 5 nitrogen and oxygen atoms in total. The first-order chi connectivity index (χ1) is 7.43.